The number of nitrogens with zero attached hydrogens (tertiary/aromatic N) is 1. The van der Waals surface area contributed by atoms with E-state index in [1.165, 1.54) is 6.42 Å². The number of hydrogen-bond acceptors (Lipinski definition) is 2. The summed E-state index contributed by atoms with van der Waals surface area (Å²) < 4.78 is 0. The second-order valence-electron chi connectivity index (χ2n) is 3.03. The molecule has 1 rings (SSSR count). The fraction of sp³-hybridized carbons (Fsp3) is 0.875. The molecule has 0 saturated heterocycles. The lowest BCUT2D eigenvalue weighted by Crippen LogP contribution is -2.38. The predicted molar refractivity (Wildman–Crippen MR) is 40.4 cm³/mol. The van der Waals surface area contributed by atoms with Crippen molar-refractivity contribution in [1.82, 2.24) is 5.32 Å². The van der Waals surface area contributed by atoms with Gasteiger partial charge in [0.1, 0.15) is 0 Å². The highest BCUT2D eigenvalue weighted by Crippen LogP contribution is 2.39. The number of nitriles is 1. The van der Waals surface area contributed by atoms with Crippen molar-refractivity contribution in [2.45, 2.75) is 26.2 Å². The normalized spacial score (nSPS) is 21.2. The zero-order valence-electron chi connectivity index (χ0n) is 6.48. The molecule has 0 aromatic carbocycles. The van der Waals surface area contributed by atoms with E-state index in [2.05, 4.69) is 18.3 Å². The maximum absolute atomic E-state index is 8.77. The van der Waals surface area contributed by atoms with Gasteiger partial charge in [-0.3, -0.25) is 0 Å². The lowest BCUT2D eigenvalue weighted by Gasteiger charge is -2.35. The van der Waals surface area contributed by atoms with E-state index in [-0.39, 0.29) is 5.41 Å². The largest absolute Gasteiger partial charge is 0.315 e. The Bertz CT molecular complexity index is 142. The van der Waals surface area contributed by atoms with E-state index in [9.17, 15) is 0 Å². The minimum atomic E-state index is 0.00993. The smallest absolute Gasteiger partial charge is 0.0703 e. The van der Waals surface area contributed by atoms with Crippen molar-refractivity contribution in [2.75, 3.05) is 13.1 Å². The van der Waals surface area contributed by atoms with Crippen LogP contribution in [-0.2, 0) is 0 Å². The SMILES string of the molecule is CCNCC1(C#N)CCC1. The van der Waals surface area contributed by atoms with Crippen LogP contribution >= 0.6 is 0 Å². The highest BCUT2D eigenvalue weighted by atomic mass is 14.9. The minimum Gasteiger partial charge on any atom is -0.315 e. The fourth-order valence-corrected chi connectivity index (χ4v) is 1.30. The second-order valence-corrected chi connectivity index (χ2v) is 3.03. The molecule has 0 aromatic heterocycles. The molecule has 56 valence electrons. The highest BCUT2D eigenvalue weighted by molar-refractivity contribution is 5.05. The van der Waals surface area contributed by atoms with Crippen molar-refractivity contribution in [3.8, 4) is 6.07 Å². The van der Waals surface area contributed by atoms with Crippen molar-refractivity contribution in [3.63, 3.8) is 0 Å². The van der Waals surface area contributed by atoms with Crippen molar-refractivity contribution >= 4 is 0 Å². The van der Waals surface area contributed by atoms with Gasteiger partial charge in [0.2, 0.25) is 0 Å². The molecule has 0 radical (unpaired) electrons. The molecule has 0 aliphatic heterocycles. The molecule has 0 atom stereocenters. The van der Waals surface area contributed by atoms with Gasteiger partial charge in [0, 0.05) is 6.54 Å². The standard InChI is InChI=1S/C8H14N2/c1-2-10-7-8(6-9)4-3-5-8/h10H,2-5,7H2,1H3. The third-order valence-electron chi connectivity index (χ3n) is 2.26. The van der Waals surface area contributed by atoms with E-state index in [0.717, 1.165) is 25.9 Å². The molecule has 0 amide bonds. The second kappa shape index (κ2) is 3.03. The quantitative estimate of drug-likeness (QED) is 0.638. The van der Waals surface area contributed by atoms with Gasteiger partial charge in [-0.05, 0) is 19.4 Å². The van der Waals surface area contributed by atoms with E-state index < -0.39 is 0 Å². The van der Waals surface area contributed by atoms with Crippen LogP contribution in [0.5, 0.6) is 0 Å². The Morgan fingerprint density at radius 2 is 2.30 bits per heavy atom. The monoisotopic (exact) mass is 138 g/mol. The molecule has 2 nitrogen and oxygen atoms in total. The van der Waals surface area contributed by atoms with Crippen LogP contribution in [0.2, 0.25) is 0 Å². The molecule has 0 heterocycles. The maximum Gasteiger partial charge on any atom is 0.0703 e. The lowest BCUT2D eigenvalue weighted by atomic mass is 9.70. The van der Waals surface area contributed by atoms with Gasteiger partial charge in [-0.25, -0.2) is 0 Å². The fourth-order valence-electron chi connectivity index (χ4n) is 1.30. The first-order chi connectivity index (χ1) is 4.83. The van der Waals surface area contributed by atoms with E-state index in [1.54, 1.807) is 0 Å². The van der Waals surface area contributed by atoms with Crippen LogP contribution in [0, 0.1) is 16.7 Å². The van der Waals surface area contributed by atoms with Crippen molar-refractivity contribution in [2.24, 2.45) is 5.41 Å². The van der Waals surface area contributed by atoms with E-state index in [1.807, 2.05) is 0 Å². The van der Waals surface area contributed by atoms with Crippen molar-refractivity contribution < 1.29 is 0 Å². The van der Waals surface area contributed by atoms with Crippen LogP contribution in [0.15, 0.2) is 0 Å². The molecular formula is C8H14N2. The molecule has 0 aromatic rings. The van der Waals surface area contributed by atoms with E-state index in [4.69, 9.17) is 5.26 Å². The average Bonchev–Trinajstić information content (AvgIpc) is 1.87. The first-order valence-electron chi connectivity index (χ1n) is 3.95. The van der Waals surface area contributed by atoms with E-state index >= 15 is 0 Å². The van der Waals surface area contributed by atoms with Gasteiger partial charge in [-0.1, -0.05) is 13.3 Å². The van der Waals surface area contributed by atoms with Crippen LogP contribution in [0.3, 0.4) is 0 Å². The predicted octanol–water partition coefficient (Wildman–Crippen LogP) is 1.29. The van der Waals surface area contributed by atoms with Gasteiger partial charge in [-0.15, -0.1) is 0 Å². The van der Waals surface area contributed by atoms with Gasteiger partial charge in [0.05, 0.1) is 11.5 Å². The Kier molecular flexibility index (Phi) is 2.29. The first kappa shape index (κ1) is 7.56. The third-order valence-corrected chi connectivity index (χ3v) is 2.26. The molecule has 0 spiro atoms. The molecule has 1 aliphatic rings. The van der Waals surface area contributed by atoms with Crippen LogP contribution in [0.25, 0.3) is 0 Å². The van der Waals surface area contributed by atoms with Crippen LogP contribution in [0.1, 0.15) is 26.2 Å². The molecular weight excluding hydrogens is 124 g/mol. The summed E-state index contributed by atoms with van der Waals surface area (Å²) in [6, 6.07) is 2.39. The van der Waals surface area contributed by atoms with Gasteiger partial charge in [-0.2, -0.15) is 5.26 Å². The third kappa shape index (κ3) is 1.30. The lowest BCUT2D eigenvalue weighted by molar-refractivity contribution is 0.208. The molecule has 10 heavy (non-hydrogen) atoms. The minimum absolute atomic E-state index is 0.00993. The molecule has 1 fully saturated rings. The summed E-state index contributed by atoms with van der Waals surface area (Å²) in [5, 5.41) is 12.0. The van der Waals surface area contributed by atoms with E-state index in [0.29, 0.717) is 0 Å². The topological polar surface area (TPSA) is 35.8 Å². The van der Waals surface area contributed by atoms with Crippen LogP contribution < -0.4 is 5.32 Å². The van der Waals surface area contributed by atoms with Crippen molar-refractivity contribution in [3.05, 3.63) is 0 Å². The number of nitrogens with one attached hydrogen (secondary N) is 1. The first-order valence-corrected chi connectivity index (χ1v) is 3.95. The van der Waals surface area contributed by atoms with Crippen LogP contribution in [-0.4, -0.2) is 13.1 Å². The summed E-state index contributed by atoms with van der Waals surface area (Å²) in [4.78, 5) is 0. The van der Waals surface area contributed by atoms with Gasteiger partial charge < -0.3 is 5.32 Å². The summed E-state index contributed by atoms with van der Waals surface area (Å²) in [6.07, 6.45) is 3.42. The van der Waals surface area contributed by atoms with Gasteiger partial charge >= 0.3 is 0 Å². The summed E-state index contributed by atoms with van der Waals surface area (Å²) in [5.74, 6) is 0. The Morgan fingerprint density at radius 1 is 1.60 bits per heavy atom. The molecule has 0 bridgehead atoms. The highest BCUT2D eigenvalue weighted by Gasteiger charge is 2.36. The molecule has 0 unspecified atom stereocenters. The summed E-state index contributed by atoms with van der Waals surface area (Å²) in [7, 11) is 0. The van der Waals surface area contributed by atoms with Crippen molar-refractivity contribution in [1.29, 1.82) is 5.26 Å². The Labute approximate surface area is 62.2 Å². The summed E-state index contributed by atoms with van der Waals surface area (Å²) in [6.45, 7) is 3.94. The molecule has 1 saturated carbocycles. The van der Waals surface area contributed by atoms with Crippen LogP contribution in [0.4, 0.5) is 0 Å². The Hall–Kier alpha value is -0.550. The van der Waals surface area contributed by atoms with Gasteiger partial charge in [0.25, 0.3) is 0 Å². The number of rotatable bonds is 3. The zero-order chi connectivity index (χ0) is 7.45. The molecule has 1 N–H and O–H groups in total. The zero-order valence-corrected chi connectivity index (χ0v) is 6.48. The Balaban J connectivity index is 2.29. The Morgan fingerprint density at radius 3 is 2.60 bits per heavy atom. The summed E-state index contributed by atoms with van der Waals surface area (Å²) >= 11 is 0. The average molecular weight is 138 g/mol. The molecule has 1 aliphatic carbocycles. The number of hydrogen-bond donors (Lipinski definition) is 1. The maximum atomic E-state index is 8.77. The summed E-state index contributed by atoms with van der Waals surface area (Å²) in [5.41, 5.74) is 0.00993. The molecule has 2 heteroatoms. The van der Waals surface area contributed by atoms with Gasteiger partial charge in [0.15, 0.2) is 0 Å².